The van der Waals surface area contributed by atoms with Gasteiger partial charge in [0.05, 0.1) is 6.54 Å². The molecule has 2 rings (SSSR count). The Hall–Kier alpha value is -2.49. The SMILES string of the molecule is Cc1ccc(N)cc1C(=O)NCCOc1cccc(C(C)(C)C)c1. The van der Waals surface area contributed by atoms with Crippen molar-refractivity contribution in [3.8, 4) is 5.75 Å². The molecule has 4 heteroatoms. The van der Waals surface area contributed by atoms with Crippen molar-refractivity contribution in [1.29, 1.82) is 0 Å². The summed E-state index contributed by atoms with van der Waals surface area (Å²) in [6.07, 6.45) is 0. The molecule has 0 saturated heterocycles. The lowest BCUT2D eigenvalue weighted by molar-refractivity contribution is 0.0946. The number of carbonyl (C=O) groups is 1. The second kappa shape index (κ2) is 7.39. The van der Waals surface area contributed by atoms with E-state index in [1.165, 1.54) is 5.56 Å². The van der Waals surface area contributed by atoms with Gasteiger partial charge < -0.3 is 15.8 Å². The molecule has 24 heavy (non-hydrogen) atoms. The van der Waals surface area contributed by atoms with Crippen LogP contribution in [0.3, 0.4) is 0 Å². The largest absolute Gasteiger partial charge is 0.492 e. The molecule has 0 unspecified atom stereocenters. The van der Waals surface area contributed by atoms with Crippen LogP contribution in [0.15, 0.2) is 42.5 Å². The first kappa shape index (κ1) is 17.9. The van der Waals surface area contributed by atoms with Crippen molar-refractivity contribution in [2.24, 2.45) is 0 Å². The average molecular weight is 326 g/mol. The summed E-state index contributed by atoms with van der Waals surface area (Å²) >= 11 is 0. The number of hydrogen-bond acceptors (Lipinski definition) is 3. The fraction of sp³-hybridized carbons (Fsp3) is 0.350. The minimum absolute atomic E-state index is 0.0817. The third-order valence-corrected chi connectivity index (χ3v) is 3.86. The highest BCUT2D eigenvalue weighted by atomic mass is 16.5. The molecule has 2 aromatic carbocycles. The number of amides is 1. The first-order chi connectivity index (χ1) is 11.3. The third kappa shape index (κ3) is 4.75. The Bertz CT molecular complexity index is 718. The minimum Gasteiger partial charge on any atom is -0.492 e. The molecule has 0 heterocycles. The Morgan fingerprint density at radius 1 is 1.17 bits per heavy atom. The zero-order valence-electron chi connectivity index (χ0n) is 14.8. The quantitative estimate of drug-likeness (QED) is 0.651. The van der Waals surface area contributed by atoms with E-state index < -0.39 is 0 Å². The van der Waals surface area contributed by atoms with E-state index in [1.54, 1.807) is 12.1 Å². The lowest BCUT2D eigenvalue weighted by atomic mass is 9.87. The topological polar surface area (TPSA) is 64.4 Å². The second-order valence-electron chi connectivity index (χ2n) is 6.96. The van der Waals surface area contributed by atoms with Crippen molar-refractivity contribution < 1.29 is 9.53 Å². The monoisotopic (exact) mass is 326 g/mol. The summed E-state index contributed by atoms with van der Waals surface area (Å²) in [5.74, 6) is 0.684. The molecule has 0 atom stereocenters. The first-order valence-corrected chi connectivity index (χ1v) is 8.15. The summed E-state index contributed by atoms with van der Waals surface area (Å²) in [7, 11) is 0. The van der Waals surface area contributed by atoms with Crippen molar-refractivity contribution in [2.45, 2.75) is 33.1 Å². The van der Waals surface area contributed by atoms with Crippen LogP contribution in [0.1, 0.15) is 42.3 Å². The molecule has 0 fully saturated rings. The lowest BCUT2D eigenvalue weighted by Gasteiger charge is -2.19. The van der Waals surface area contributed by atoms with Crippen molar-refractivity contribution in [2.75, 3.05) is 18.9 Å². The van der Waals surface area contributed by atoms with Gasteiger partial charge in [0.2, 0.25) is 0 Å². The molecule has 0 aliphatic rings. The Balaban J connectivity index is 1.87. The first-order valence-electron chi connectivity index (χ1n) is 8.15. The third-order valence-electron chi connectivity index (χ3n) is 3.86. The highest BCUT2D eigenvalue weighted by Gasteiger charge is 2.14. The molecule has 0 radical (unpaired) electrons. The van der Waals surface area contributed by atoms with E-state index in [1.807, 2.05) is 31.2 Å². The molecule has 0 spiro atoms. The van der Waals surface area contributed by atoms with E-state index in [0.29, 0.717) is 24.4 Å². The maximum absolute atomic E-state index is 12.2. The van der Waals surface area contributed by atoms with Crippen LogP contribution < -0.4 is 15.8 Å². The summed E-state index contributed by atoms with van der Waals surface area (Å²) in [6.45, 7) is 9.25. The van der Waals surface area contributed by atoms with E-state index in [2.05, 4.69) is 32.2 Å². The van der Waals surface area contributed by atoms with Crippen molar-refractivity contribution in [1.82, 2.24) is 5.32 Å². The van der Waals surface area contributed by atoms with E-state index in [0.717, 1.165) is 11.3 Å². The van der Waals surface area contributed by atoms with Crippen LogP contribution in [-0.2, 0) is 5.41 Å². The van der Waals surface area contributed by atoms with Gasteiger partial charge in [0.25, 0.3) is 5.91 Å². The van der Waals surface area contributed by atoms with Crippen LogP contribution in [0, 0.1) is 6.92 Å². The highest BCUT2D eigenvalue weighted by molar-refractivity contribution is 5.96. The van der Waals surface area contributed by atoms with Gasteiger partial charge in [-0.3, -0.25) is 4.79 Å². The molecule has 3 N–H and O–H groups in total. The van der Waals surface area contributed by atoms with E-state index >= 15 is 0 Å². The van der Waals surface area contributed by atoms with Crippen molar-refractivity contribution in [3.05, 3.63) is 59.2 Å². The Kier molecular flexibility index (Phi) is 5.50. The van der Waals surface area contributed by atoms with Gasteiger partial charge in [0.1, 0.15) is 12.4 Å². The molecular formula is C20H26N2O2. The van der Waals surface area contributed by atoms with Crippen molar-refractivity contribution >= 4 is 11.6 Å². The summed E-state index contributed by atoms with van der Waals surface area (Å²) < 4.78 is 5.74. The van der Waals surface area contributed by atoms with Crippen LogP contribution in [0.25, 0.3) is 0 Å². The summed E-state index contributed by atoms with van der Waals surface area (Å²) in [4.78, 5) is 12.2. The number of ether oxygens (including phenoxy) is 1. The number of anilines is 1. The number of nitrogen functional groups attached to an aromatic ring is 1. The fourth-order valence-corrected chi connectivity index (χ4v) is 2.37. The van der Waals surface area contributed by atoms with E-state index in [4.69, 9.17) is 10.5 Å². The number of nitrogens with two attached hydrogens (primary N) is 1. The predicted octanol–water partition coefficient (Wildman–Crippen LogP) is 3.68. The van der Waals surface area contributed by atoms with Crippen LogP contribution in [-0.4, -0.2) is 19.1 Å². The molecule has 0 aromatic heterocycles. The molecule has 4 nitrogen and oxygen atoms in total. The molecule has 1 amide bonds. The Labute approximate surface area is 144 Å². The Morgan fingerprint density at radius 3 is 2.62 bits per heavy atom. The number of carbonyl (C=O) groups excluding carboxylic acids is 1. The van der Waals surface area contributed by atoms with Crippen LogP contribution >= 0.6 is 0 Å². The number of nitrogens with one attached hydrogen (secondary N) is 1. The number of benzene rings is 2. The lowest BCUT2D eigenvalue weighted by Crippen LogP contribution is -2.28. The van der Waals surface area contributed by atoms with Gasteiger partial charge >= 0.3 is 0 Å². The maximum Gasteiger partial charge on any atom is 0.251 e. The van der Waals surface area contributed by atoms with Gasteiger partial charge in [-0.15, -0.1) is 0 Å². The predicted molar refractivity (Wildman–Crippen MR) is 98.6 cm³/mol. The highest BCUT2D eigenvalue weighted by Crippen LogP contribution is 2.25. The van der Waals surface area contributed by atoms with Gasteiger partial charge in [0, 0.05) is 11.3 Å². The van der Waals surface area contributed by atoms with Crippen LogP contribution in [0.2, 0.25) is 0 Å². The minimum atomic E-state index is -0.133. The van der Waals surface area contributed by atoms with Crippen LogP contribution in [0.5, 0.6) is 5.75 Å². The van der Waals surface area contributed by atoms with Gasteiger partial charge in [-0.2, -0.15) is 0 Å². The van der Waals surface area contributed by atoms with Crippen molar-refractivity contribution in [3.63, 3.8) is 0 Å². The van der Waals surface area contributed by atoms with Crippen LogP contribution in [0.4, 0.5) is 5.69 Å². The number of hydrogen-bond donors (Lipinski definition) is 2. The van der Waals surface area contributed by atoms with Gasteiger partial charge in [-0.05, 0) is 47.7 Å². The second-order valence-corrected chi connectivity index (χ2v) is 6.96. The smallest absolute Gasteiger partial charge is 0.251 e. The Morgan fingerprint density at radius 2 is 1.92 bits per heavy atom. The van der Waals surface area contributed by atoms with E-state index in [9.17, 15) is 4.79 Å². The number of aryl methyl sites for hydroxylation is 1. The molecule has 0 aliphatic heterocycles. The normalized spacial score (nSPS) is 11.2. The number of rotatable bonds is 5. The van der Waals surface area contributed by atoms with Gasteiger partial charge in [0.15, 0.2) is 0 Å². The molecular weight excluding hydrogens is 300 g/mol. The zero-order valence-corrected chi connectivity index (χ0v) is 14.8. The molecule has 0 aliphatic carbocycles. The summed E-state index contributed by atoms with van der Waals surface area (Å²) in [5, 5.41) is 2.86. The average Bonchev–Trinajstić information content (AvgIpc) is 2.53. The van der Waals surface area contributed by atoms with Gasteiger partial charge in [-0.25, -0.2) is 0 Å². The zero-order chi connectivity index (χ0) is 17.7. The van der Waals surface area contributed by atoms with Gasteiger partial charge in [-0.1, -0.05) is 39.0 Å². The molecule has 0 bridgehead atoms. The molecule has 2 aromatic rings. The molecule has 0 saturated carbocycles. The summed E-state index contributed by atoms with van der Waals surface area (Å²) in [5.41, 5.74) is 9.13. The molecule has 128 valence electrons. The summed E-state index contributed by atoms with van der Waals surface area (Å²) in [6, 6.07) is 13.4. The maximum atomic E-state index is 12.2. The standard InChI is InChI=1S/C20H26N2O2/c1-14-8-9-16(21)13-18(14)19(23)22-10-11-24-17-7-5-6-15(12-17)20(2,3)4/h5-9,12-13H,10-11,21H2,1-4H3,(H,22,23). The fourth-order valence-electron chi connectivity index (χ4n) is 2.37. The van der Waals surface area contributed by atoms with E-state index in [-0.39, 0.29) is 11.3 Å².